The number of amides is 1. The number of hydrogen-bond donors (Lipinski definition) is 1. The van der Waals surface area contributed by atoms with Crippen LogP contribution < -0.4 is 5.32 Å². The Bertz CT molecular complexity index is 228. The van der Waals surface area contributed by atoms with Gasteiger partial charge in [0.25, 0.3) is 5.91 Å². The van der Waals surface area contributed by atoms with Gasteiger partial charge in [-0.3, -0.25) is 9.78 Å². The van der Waals surface area contributed by atoms with E-state index in [-0.39, 0.29) is 30.7 Å². The number of hydrogen-bond acceptors (Lipinski definition) is 2. The van der Waals surface area contributed by atoms with Crippen molar-refractivity contribution < 1.29 is 4.79 Å². The number of carbonyl (C=O) groups excluding carboxylic acids is 1. The maximum Gasteiger partial charge on any atom is 0.252 e. The highest BCUT2D eigenvalue weighted by molar-refractivity contribution is 5.93. The van der Waals surface area contributed by atoms with Crippen molar-refractivity contribution in [3.63, 3.8) is 0 Å². The predicted octanol–water partition coefficient (Wildman–Crippen LogP) is 1.28. The first-order chi connectivity index (χ1) is 4.84. The molecule has 0 bridgehead atoms. The van der Waals surface area contributed by atoms with Gasteiger partial charge in [-0.1, -0.05) is 0 Å². The van der Waals surface area contributed by atoms with Crippen LogP contribution in [0.3, 0.4) is 0 Å². The van der Waals surface area contributed by atoms with Gasteiger partial charge in [0.15, 0.2) is 0 Å². The minimum atomic E-state index is -0.104. The molecule has 68 valence electrons. The molecule has 12 heavy (non-hydrogen) atoms. The Morgan fingerprint density at radius 3 is 2.58 bits per heavy atom. The third-order valence-corrected chi connectivity index (χ3v) is 1.15. The summed E-state index contributed by atoms with van der Waals surface area (Å²) in [7, 11) is 1.59. The fourth-order valence-electron chi connectivity index (χ4n) is 0.641. The van der Waals surface area contributed by atoms with Crippen LogP contribution in [0, 0.1) is 0 Å². The Hall–Kier alpha value is -0.800. The number of pyridine rings is 1. The van der Waals surface area contributed by atoms with Crippen molar-refractivity contribution in [2.75, 3.05) is 7.05 Å². The molecule has 0 radical (unpaired) electrons. The summed E-state index contributed by atoms with van der Waals surface area (Å²) in [5.41, 5.74) is 0.588. The normalized spacial score (nSPS) is 7.42. The summed E-state index contributed by atoms with van der Waals surface area (Å²) in [5.74, 6) is -0.104. The fourth-order valence-corrected chi connectivity index (χ4v) is 0.641. The quantitative estimate of drug-likeness (QED) is 0.756. The van der Waals surface area contributed by atoms with Crippen LogP contribution in [0.15, 0.2) is 24.5 Å². The number of halogens is 2. The maximum atomic E-state index is 10.9. The van der Waals surface area contributed by atoms with Crippen LogP contribution in [0.25, 0.3) is 0 Å². The first kappa shape index (κ1) is 13.8. The minimum Gasteiger partial charge on any atom is -0.355 e. The molecule has 5 heteroatoms. The van der Waals surface area contributed by atoms with Crippen molar-refractivity contribution >= 4 is 30.7 Å². The van der Waals surface area contributed by atoms with Gasteiger partial charge in [0.05, 0.1) is 5.56 Å². The van der Waals surface area contributed by atoms with E-state index in [4.69, 9.17) is 0 Å². The molecule has 0 aliphatic rings. The molecule has 1 aromatic heterocycles. The summed E-state index contributed by atoms with van der Waals surface area (Å²) < 4.78 is 0. The lowest BCUT2D eigenvalue weighted by Crippen LogP contribution is -2.17. The van der Waals surface area contributed by atoms with Crippen molar-refractivity contribution in [1.29, 1.82) is 0 Å². The van der Waals surface area contributed by atoms with Crippen molar-refractivity contribution in [2.45, 2.75) is 0 Å². The second-order valence-electron chi connectivity index (χ2n) is 1.82. The summed E-state index contributed by atoms with van der Waals surface area (Å²) in [6.07, 6.45) is 3.16. The van der Waals surface area contributed by atoms with Crippen LogP contribution in [0.4, 0.5) is 0 Å². The van der Waals surface area contributed by atoms with Crippen LogP contribution >= 0.6 is 24.8 Å². The van der Waals surface area contributed by atoms with Crippen LogP contribution in [0.1, 0.15) is 10.4 Å². The second-order valence-corrected chi connectivity index (χ2v) is 1.82. The average molecular weight is 209 g/mol. The molecule has 0 atom stereocenters. The number of carbonyl (C=O) groups is 1. The van der Waals surface area contributed by atoms with E-state index in [0.29, 0.717) is 5.56 Å². The first-order valence-electron chi connectivity index (χ1n) is 2.96. The molecule has 0 aliphatic carbocycles. The molecule has 0 spiro atoms. The van der Waals surface area contributed by atoms with Crippen molar-refractivity contribution in [2.24, 2.45) is 0 Å². The first-order valence-corrected chi connectivity index (χ1v) is 2.96. The second kappa shape index (κ2) is 6.88. The molecular formula is C7H10Cl2N2O. The Morgan fingerprint density at radius 2 is 2.17 bits per heavy atom. The molecule has 0 saturated heterocycles. The van der Waals surface area contributed by atoms with Gasteiger partial charge in [0.2, 0.25) is 0 Å². The van der Waals surface area contributed by atoms with E-state index in [2.05, 4.69) is 10.3 Å². The van der Waals surface area contributed by atoms with E-state index >= 15 is 0 Å². The van der Waals surface area contributed by atoms with Crippen molar-refractivity contribution in [3.8, 4) is 0 Å². The van der Waals surface area contributed by atoms with Gasteiger partial charge < -0.3 is 5.32 Å². The number of nitrogens with zero attached hydrogens (tertiary/aromatic N) is 1. The number of aromatic nitrogens is 1. The van der Waals surface area contributed by atoms with Crippen molar-refractivity contribution in [1.82, 2.24) is 10.3 Å². The zero-order valence-corrected chi connectivity index (χ0v) is 8.11. The summed E-state index contributed by atoms with van der Waals surface area (Å²) in [6.45, 7) is 0. The number of nitrogens with one attached hydrogen (secondary N) is 1. The largest absolute Gasteiger partial charge is 0.355 e. The molecule has 0 aromatic carbocycles. The predicted molar refractivity (Wildman–Crippen MR) is 52.1 cm³/mol. The van der Waals surface area contributed by atoms with Crippen LogP contribution in [-0.2, 0) is 0 Å². The van der Waals surface area contributed by atoms with Gasteiger partial charge in [-0.05, 0) is 12.1 Å². The molecule has 0 aliphatic heterocycles. The SMILES string of the molecule is CNC(=O)c1cccnc1.Cl.Cl. The lowest BCUT2D eigenvalue weighted by atomic mass is 10.3. The maximum absolute atomic E-state index is 10.9. The number of rotatable bonds is 1. The molecule has 0 saturated carbocycles. The molecule has 3 nitrogen and oxygen atoms in total. The molecule has 1 heterocycles. The third kappa shape index (κ3) is 3.55. The molecule has 1 aromatic rings. The van der Waals surface area contributed by atoms with E-state index in [0.717, 1.165) is 0 Å². The highest BCUT2D eigenvalue weighted by atomic mass is 35.5. The van der Waals surface area contributed by atoms with Crippen LogP contribution in [0.5, 0.6) is 0 Å². The van der Waals surface area contributed by atoms with Crippen LogP contribution in [0.2, 0.25) is 0 Å². The topological polar surface area (TPSA) is 42.0 Å². The third-order valence-electron chi connectivity index (χ3n) is 1.15. The molecule has 0 fully saturated rings. The molecular weight excluding hydrogens is 199 g/mol. The Morgan fingerprint density at radius 1 is 1.50 bits per heavy atom. The lowest BCUT2D eigenvalue weighted by Gasteiger charge is -1.95. The van der Waals surface area contributed by atoms with Crippen LogP contribution in [-0.4, -0.2) is 17.9 Å². The van der Waals surface area contributed by atoms with Crippen molar-refractivity contribution in [3.05, 3.63) is 30.1 Å². The van der Waals surface area contributed by atoms with Gasteiger partial charge in [-0.15, -0.1) is 24.8 Å². The lowest BCUT2D eigenvalue weighted by molar-refractivity contribution is 0.0963. The van der Waals surface area contributed by atoms with E-state index < -0.39 is 0 Å². The van der Waals surface area contributed by atoms with Gasteiger partial charge in [0.1, 0.15) is 0 Å². The summed E-state index contributed by atoms with van der Waals surface area (Å²) in [6, 6.07) is 3.44. The van der Waals surface area contributed by atoms with Gasteiger partial charge in [0, 0.05) is 19.4 Å². The molecule has 1 rings (SSSR count). The molecule has 0 unspecified atom stereocenters. The van der Waals surface area contributed by atoms with E-state index in [9.17, 15) is 4.79 Å². The van der Waals surface area contributed by atoms with Gasteiger partial charge in [-0.2, -0.15) is 0 Å². The Kier molecular flexibility index (Phi) is 7.90. The Labute approximate surface area is 83.4 Å². The molecule has 1 N–H and O–H groups in total. The van der Waals surface area contributed by atoms with E-state index in [1.807, 2.05) is 0 Å². The average Bonchev–Trinajstić information content (AvgIpc) is 2.05. The van der Waals surface area contributed by atoms with E-state index in [1.165, 1.54) is 6.20 Å². The fraction of sp³-hybridized carbons (Fsp3) is 0.143. The summed E-state index contributed by atoms with van der Waals surface area (Å²) >= 11 is 0. The highest BCUT2D eigenvalue weighted by Crippen LogP contribution is 1.93. The summed E-state index contributed by atoms with van der Waals surface area (Å²) in [4.78, 5) is 14.7. The smallest absolute Gasteiger partial charge is 0.252 e. The zero-order chi connectivity index (χ0) is 7.40. The Balaban J connectivity index is 0. The highest BCUT2D eigenvalue weighted by Gasteiger charge is 1.98. The zero-order valence-electron chi connectivity index (χ0n) is 6.48. The summed E-state index contributed by atoms with van der Waals surface area (Å²) in [5, 5.41) is 2.50. The van der Waals surface area contributed by atoms with E-state index in [1.54, 1.807) is 25.4 Å². The van der Waals surface area contributed by atoms with Gasteiger partial charge >= 0.3 is 0 Å². The standard InChI is InChI=1S/C7H8N2O.2ClH/c1-8-7(10)6-3-2-4-9-5-6;;/h2-5H,1H3,(H,8,10);2*1H. The monoisotopic (exact) mass is 208 g/mol. The molecule has 1 amide bonds. The van der Waals surface area contributed by atoms with Gasteiger partial charge in [-0.25, -0.2) is 0 Å². The minimum absolute atomic E-state index is 0.